The first-order valence-electron chi connectivity index (χ1n) is 10.7. The number of carbonyl (C=O) groups excluding carboxylic acids is 2. The maximum atomic E-state index is 13.6. The predicted molar refractivity (Wildman–Crippen MR) is 133 cm³/mol. The number of benzene rings is 2. The molecule has 2 heterocycles. The molecule has 2 amide bonds. The summed E-state index contributed by atoms with van der Waals surface area (Å²) in [6, 6.07) is 6.34. The van der Waals surface area contributed by atoms with Crippen LogP contribution in [0.1, 0.15) is 12.8 Å². The van der Waals surface area contributed by atoms with E-state index in [9.17, 15) is 18.4 Å². The van der Waals surface area contributed by atoms with Gasteiger partial charge in [-0.1, -0.05) is 29.1 Å². The molecule has 4 rings (SSSR count). The van der Waals surface area contributed by atoms with Crippen molar-refractivity contribution in [2.75, 3.05) is 23.8 Å². The highest BCUT2D eigenvalue weighted by Crippen LogP contribution is 2.34. The van der Waals surface area contributed by atoms with Gasteiger partial charge in [-0.2, -0.15) is 0 Å². The molecule has 2 atom stereocenters. The van der Waals surface area contributed by atoms with Gasteiger partial charge in [0.15, 0.2) is 0 Å². The average Bonchev–Trinajstić information content (AvgIpc) is 3.35. The number of anilines is 3. The first-order valence-corrected chi connectivity index (χ1v) is 11.6. The molecule has 1 saturated heterocycles. The molecule has 0 radical (unpaired) electrons. The molecule has 36 heavy (non-hydrogen) atoms. The average molecular weight is 534 g/mol. The van der Waals surface area contributed by atoms with Crippen molar-refractivity contribution in [1.82, 2.24) is 14.9 Å². The fourth-order valence-electron chi connectivity index (χ4n) is 3.88. The molecular weight excluding hydrogens is 515 g/mol. The highest BCUT2D eigenvalue weighted by atomic mass is 35.5. The number of aromatic nitrogens is 2. The van der Waals surface area contributed by atoms with Gasteiger partial charge in [-0.05, 0) is 37.1 Å². The summed E-state index contributed by atoms with van der Waals surface area (Å²) in [6.07, 6.45) is 7.51. The number of ether oxygens (including phenoxy) is 1. The summed E-state index contributed by atoms with van der Waals surface area (Å²) in [5.74, 6) is 0.868. The van der Waals surface area contributed by atoms with Gasteiger partial charge in [0, 0.05) is 23.7 Å². The molecule has 1 aromatic heterocycles. The van der Waals surface area contributed by atoms with E-state index in [4.69, 9.17) is 34.4 Å². The van der Waals surface area contributed by atoms with Crippen LogP contribution in [0.5, 0.6) is 5.75 Å². The van der Waals surface area contributed by atoms with Gasteiger partial charge in [0.2, 0.25) is 5.91 Å². The number of fused-ring (bicyclic) bond motifs is 1. The summed E-state index contributed by atoms with van der Waals surface area (Å²) in [4.78, 5) is 34.8. The number of likely N-dealkylation sites (tertiary alicyclic amines) is 1. The van der Waals surface area contributed by atoms with E-state index in [1.165, 1.54) is 24.5 Å². The molecular formula is C24H19Cl2F2N5O3. The lowest BCUT2D eigenvalue weighted by Crippen LogP contribution is -2.45. The molecule has 3 aromatic rings. The zero-order valence-corrected chi connectivity index (χ0v) is 20.1. The number of carbonyl (C=O) groups is 2. The van der Waals surface area contributed by atoms with E-state index in [1.54, 1.807) is 12.1 Å². The summed E-state index contributed by atoms with van der Waals surface area (Å²) in [5, 5.41) is 6.21. The Morgan fingerprint density at radius 2 is 2.11 bits per heavy atom. The second kappa shape index (κ2) is 10.9. The SMILES string of the molecule is C#CCOc1cc2ncnc(Nc3ccc(F)c(Cl)c3)c2cc1NC(=O)[C@H]1CCCN1C(=O)C(F)Cl. The molecule has 8 nitrogen and oxygen atoms in total. The van der Waals surface area contributed by atoms with Crippen molar-refractivity contribution in [1.29, 1.82) is 0 Å². The minimum absolute atomic E-state index is 0.0700. The largest absolute Gasteiger partial charge is 0.479 e. The Hall–Kier alpha value is -3.68. The van der Waals surface area contributed by atoms with Gasteiger partial charge in [0.25, 0.3) is 11.5 Å². The lowest BCUT2D eigenvalue weighted by atomic mass is 10.1. The third kappa shape index (κ3) is 5.42. The van der Waals surface area contributed by atoms with E-state index in [0.717, 1.165) is 4.90 Å². The third-order valence-electron chi connectivity index (χ3n) is 5.51. The summed E-state index contributed by atoms with van der Waals surface area (Å²) in [5.41, 5.74) is -1.06. The highest BCUT2D eigenvalue weighted by Gasteiger charge is 2.37. The molecule has 1 fully saturated rings. The maximum Gasteiger partial charge on any atom is 0.273 e. The van der Waals surface area contributed by atoms with Gasteiger partial charge < -0.3 is 20.3 Å². The molecule has 12 heteroatoms. The van der Waals surface area contributed by atoms with Crippen LogP contribution in [0.25, 0.3) is 10.9 Å². The van der Waals surface area contributed by atoms with Crippen molar-refractivity contribution in [2.45, 2.75) is 24.5 Å². The van der Waals surface area contributed by atoms with E-state index in [0.29, 0.717) is 35.2 Å². The van der Waals surface area contributed by atoms with Crippen LogP contribution in [-0.4, -0.2) is 51.5 Å². The van der Waals surface area contributed by atoms with Gasteiger partial charge in [-0.25, -0.2) is 18.7 Å². The number of halogens is 4. The fraction of sp³-hybridized carbons (Fsp3) is 0.250. The minimum Gasteiger partial charge on any atom is -0.479 e. The van der Waals surface area contributed by atoms with E-state index < -0.39 is 29.3 Å². The topological polar surface area (TPSA) is 96.5 Å². The van der Waals surface area contributed by atoms with E-state index in [-0.39, 0.29) is 29.6 Å². The number of hydrogen-bond donors (Lipinski definition) is 2. The molecule has 1 aliphatic rings. The summed E-state index contributed by atoms with van der Waals surface area (Å²) < 4.78 is 32.6. The first kappa shape index (κ1) is 25.4. The molecule has 0 saturated carbocycles. The molecule has 1 aliphatic heterocycles. The van der Waals surface area contributed by atoms with Crippen molar-refractivity contribution >= 4 is 63.1 Å². The molecule has 0 spiro atoms. The van der Waals surface area contributed by atoms with E-state index in [1.807, 2.05) is 0 Å². The Bertz CT molecular complexity index is 1370. The van der Waals surface area contributed by atoms with Crippen LogP contribution in [0.15, 0.2) is 36.7 Å². The Balaban J connectivity index is 1.69. The number of amides is 2. The van der Waals surface area contributed by atoms with Crippen molar-refractivity contribution in [3.05, 3.63) is 47.5 Å². The van der Waals surface area contributed by atoms with Crippen molar-refractivity contribution < 1.29 is 23.1 Å². The third-order valence-corrected chi connectivity index (χ3v) is 5.99. The van der Waals surface area contributed by atoms with Crippen LogP contribution in [-0.2, 0) is 9.59 Å². The zero-order chi connectivity index (χ0) is 25.8. The fourth-order valence-corrected chi connectivity index (χ4v) is 4.18. The number of terminal acetylenes is 1. The van der Waals surface area contributed by atoms with E-state index in [2.05, 4.69) is 26.5 Å². The number of nitrogens with one attached hydrogen (secondary N) is 2. The standard InChI is InChI=1S/C24H19Cl2F2N5O3/c1-2-8-36-20-11-17-14(22(30-12-29-17)31-13-5-6-16(27)15(25)9-13)10-18(20)32-23(34)19-4-3-7-33(19)24(35)21(26)28/h1,5-6,9-12,19,21H,3-4,7-8H2,(H,32,34)(H,29,30,31)/t19-,21?/m1/s1. The zero-order valence-electron chi connectivity index (χ0n) is 18.6. The maximum absolute atomic E-state index is 13.6. The summed E-state index contributed by atoms with van der Waals surface area (Å²) in [7, 11) is 0. The Kier molecular flexibility index (Phi) is 7.72. The minimum atomic E-state index is -2.24. The molecule has 2 aromatic carbocycles. The van der Waals surface area contributed by atoms with Crippen LogP contribution in [0.2, 0.25) is 5.02 Å². The normalized spacial score (nSPS) is 15.9. The van der Waals surface area contributed by atoms with Crippen LogP contribution in [0, 0.1) is 18.2 Å². The van der Waals surface area contributed by atoms with Gasteiger partial charge in [-0.3, -0.25) is 9.59 Å². The van der Waals surface area contributed by atoms with Crippen molar-refractivity contribution in [3.63, 3.8) is 0 Å². The van der Waals surface area contributed by atoms with Gasteiger partial charge in [0.1, 0.15) is 36.4 Å². The van der Waals surface area contributed by atoms with Gasteiger partial charge in [0.05, 0.1) is 16.2 Å². The van der Waals surface area contributed by atoms with E-state index >= 15 is 0 Å². The highest BCUT2D eigenvalue weighted by molar-refractivity contribution is 6.31. The van der Waals surface area contributed by atoms with Crippen molar-refractivity contribution in [2.24, 2.45) is 0 Å². The van der Waals surface area contributed by atoms with Crippen LogP contribution in [0.4, 0.5) is 26.0 Å². The molecule has 1 unspecified atom stereocenters. The Morgan fingerprint density at radius 3 is 2.83 bits per heavy atom. The Labute approximate surface area is 214 Å². The molecule has 0 aliphatic carbocycles. The van der Waals surface area contributed by atoms with Crippen LogP contribution >= 0.6 is 23.2 Å². The monoisotopic (exact) mass is 533 g/mol. The van der Waals surface area contributed by atoms with Crippen LogP contribution in [0.3, 0.4) is 0 Å². The number of alkyl halides is 2. The second-order valence-electron chi connectivity index (χ2n) is 7.81. The lowest BCUT2D eigenvalue weighted by Gasteiger charge is -2.24. The van der Waals surface area contributed by atoms with Crippen molar-refractivity contribution in [3.8, 4) is 18.1 Å². The number of nitrogens with zero attached hydrogens (tertiary/aromatic N) is 3. The van der Waals surface area contributed by atoms with Crippen LogP contribution < -0.4 is 15.4 Å². The molecule has 0 bridgehead atoms. The Morgan fingerprint density at radius 1 is 1.31 bits per heavy atom. The number of hydrogen-bond acceptors (Lipinski definition) is 6. The molecule has 2 N–H and O–H groups in total. The quantitative estimate of drug-likeness (QED) is 0.339. The second-order valence-corrected chi connectivity index (χ2v) is 8.60. The summed E-state index contributed by atoms with van der Waals surface area (Å²) >= 11 is 11.2. The van der Waals surface area contributed by atoms with Gasteiger partial charge in [-0.15, -0.1) is 6.42 Å². The number of rotatable bonds is 7. The predicted octanol–water partition coefficient (Wildman–Crippen LogP) is 4.64. The molecule has 186 valence electrons. The summed E-state index contributed by atoms with van der Waals surface area (Å²) in [6.45, 7) is 0.132. The van der Waals surface area contributed by atoms with Gasteiger partial charge >= 0.3 is 0 Å². The first-order chi connectivity index (χ1) is 17.3. The smallest absolute Gasteiger partial charge is 0.273 e. The lowest BCUT2D eigenvalue weighted by molar-refractivity contribution is -0.138.